The lowest BCUT2D eigenvalue weighted by molar-refractivity contribution is 0.0745. The first-order valence-corrected chi connectivity index (χ1v) is 5.15. The van der Waals surface area contributed by atoms with Crippen molar-refractivity contribution in [2.24, 2.45) is 0 Å². The Balaban J connectivity index is 3.40. The lowest BCUT2D eigenvalue weighted by atomic mass is 10.2. The van der Waals surface area contributed by atoms with Crippen LogP contribution < -0.4 is 5.32 Å². The van der Waals surface area contributed by atoms with Crippen LogP contribution in [0.15, 0.2) is 0 Å². The summed E-state index contributed by atoms with van der Waals surface area (Å²) in [5.41, 5.74) is 0. The Morgan fingerprint density at radius 1 is 1.36 bits per heavy atom. The van der Waals surface area contributed by atoms with Gasteiger partial charge in [-0.1, -0.05) is 0 Å². The second-order valence-corrected chi connectivity index (χ2v) is 3.54. The predicted molar refractivity (Wildman–Crippen MR) is 56.5 cm³/mol. The molecule has 0 aliphatic rings. The van der Waals surface area contributed by atoms with Crippen molar-refractivity contribution < 1.29 is 14.6 Å². The molecule has 86 valence electrons. The third kappa shape index (κ3) is 8.44. The third-order valence-electron chi connectivity index (χ3n) is 1.83. The average molecular weight is 205 g/mol. The number of rotatable bonds is 9. The third-order valence-corrected chi connectivity index (χ3v) is 1.83. The van der Waals surface area contributed by atoms with E-state index in [1.807, 2.05) is 13.8 Å². The zero-order valence-corrected chi connectivity index (χ0v) is 9.45. The van der Waals surface area contributed by atoms with Gasteiger partial charge in [0.1, 0.15) is 0 Å². The standard InChI is InChI=1S/C10H23NO3/c1-9(2)14-7-5-11-10(4-6-12)8-13-3/h9-12H,4-8H2,1-3H3. The summed E-state index contributed by atoms with van der Waals surface area (Å²) in [6, 6.07) is 0.223. The molecule has 0 amide bonds. The summed E-state index contributed by atoms with van der Waals surface area (Å²) in [5, 5.41) is 12.0. The maximum absolute atomic E-state index is 8.78. The largest absolute Gasteiger partial charge is 0.396 e. The van der Waals surface area contributed by atoms with Gasteiger partial charge in [0.25, 0.3) is 0 Å². The van der Waals surface area contributed by atoms with Crippen molar-refractivity contribution in [1.29, 1.82) is 0 Å². The zero-order chi connectivity index (χ0) is 10.8. The van der Waals surface area contributed by atoms with E-state index in [9.17, 15) is 0 Å². The fourth-order valence-electron chi connectivity index (χ4n) is 1.16. The molecule has 0 bridgehead atoms. The Kier molecular flexibility index (Phi) is 9.29. The molecule has 0 spiro atoms. The monoisotopic (exact) mass is 205 g/mol. The van der Waals surface area contributed by atoms with Crippen LogP contribution in [0.25, 0.3) is 0 Å². The first-order valence-electron chi connectivity index (χ1n) is 5.15. The van der Waals surface area contributed by atoms with Crippen molar-refractivity contribution in [1.82, 2.24) is 5.32 Å². The molecule has 0 radical (unpaired) electrons. The van der Waals surface area contributed by atoms with Crippen LogP contribution in [0.4, 0.5) is 0 Å². The minimum Gasteiger partial charge on any atom is -0.396 e. The second-order valence-electron chi connectivity index (χ2n) is 3.54. The van der Waals surface area contributed by atoms with Gasteiger partial charge in [-0.05, 0) is 20.3 Å². The summed E-state index contributed by atoms with van der Waals surface area (Å²) in [4.78, 5) is 0. The van der Waals surface area contributed by atoms with Crippen molar-refractivity contribution >= 4 is 0 Å². The fourth-order valence-corrected chi connectivity index (χ4v) is 1.16. The first kappa shape index (κ1) is 13.8. The summed E-state index contributed by atoms with van der Waals surface area (Å²) < 4.78 is 10.4. The molecule has 0 aromatic carbocycles. The Labute approximate surface area is 86.6 Å². The smallest absolute Gasteiger partial charge is 0.0616 e. The van der Waals surface area contributed by atoms with Crippen LogP contribution in [-0.4, -0.2) is 50.7 Å². The Hall–Kier alpha value is -0.160. The predicted octanol–water partition coefficient (Wildman–Crippen LogP) is 0.398. The molecule has 4 heteroatoms. The molecule has 0 aromatic rings. The van der Waals surface area contributed by atoms with Gasteiger partial charge >= 0.3 is 0 Å². The number of aliphatic hydroxyl groups is 1. The minimum absolute atomic E-state index is 0.187. The summed E-state index contributed by atoms with van der Waals surface area (Å²) in [5.74, 6) is 0. The Morgan fingerprint density at radius 3 is 2.57 bits per heavy atom. The maximum atomic E-state index is 8.78. The normalized spacial score (nSPS) is 13.5. The van der Waals surface area contributed by atoms with E-state index >= 15 is 0 Å². The van der Waals surface area contributed by atoms with Gasteiger partial charge in [0, 0.05) is 26.3 Å². The van der Waals surface area contributed by atoms with E-state index in [1.165, 1.54) is 0 Å². The van der Waals surface area contributed by atoms with Crippen molar-refractivity contribution in [3.8, 4) is 0 Å². The van der Waals surface area contributed by atoms with E-state index in [2.05, 4.69) is 5.32 Å². The van der Waals surface area contributed by atoms with Gasteiger partial charge < -0.3 is 19.9 Å². The molecule has 0 aliphatic carbocycles. The minimum atomic E-state index is 0.187. The van der Waals surface area contributed by atoms with Crippen LogP contribution in [0.2, 0.25) is 0 Å². The van der Waals surface area contributed by atoms with Crippen LogP contribution in [0, 0.1) is 0 Å². The molecule has 0 saturated carbocycles. The SMILES string of the molecule is COCC(CCO)NCCOC(C)C. The number of hydrogen-bond donors (Lipinski definition) is 2. The van der Waals surface area contributed by atoms with Gasteiger partial charge in [-0.3, -0.25) is 0 Å². The molecule has 0 aliphatic heterocycles. The number of hydrogen-bond acceptors (Lipinski definition) is 4. The average Bonchev–Trinajstić information content (AvgIpc) is 2.12. The summed E-state index contributed by atoms with van der Waals surface area (Å²) in [6.45, 7) is 6.34. The molecule has 0 fully saturated rings. The summed E-state index contributed by atoms with van der Waals surface area (Å²) >= 11 is 0. The van der Waals surface area contributed by atoms with Gasteiger partial charge in [0.2, 0.25) is 0 Å². The van der Waals surface area contributed by atoms with Crippen molar-refractivity contribution in [3.05, 3.63) is 0 Å². The first-order chi connectivity index (χ1) is 6.70. The van der Waals surface area contributed by atoms with Crippen molar-refractivity contribution in [3.63, 3.8) is 0 Å². The number of ether oxygens (including phenoxy) is 2. The van der Waals surface area contributed by atoms with Crippen LogP contribution in [-0.2, 0) is 9.47 Å². The van der Waals surface area contributed by atoms with E-state index in [0.717, 1.165) is 13.0 Å². The van der Waals surface area contributed by atoms with E-state index in [4.69, 9.17) is 14.6 Å². The highest BCUT2D eigenvalue weighted by molar-refractivity contribution is 4.65. The maximum Gasteiger partial charge on any atom is 0.0616 e. The van der Waals surface area contributed by atoms with E-state index < -0.39 is 0 Å². The number of methoxy groups -OCH3 is 1. The highest BCUT2D eigenvalue weighted by atomic mass is 16.5. The molecule has 1 atom stereocenters. The molecule has 0 heterocycles. The lowest BCUT2D eigenvalue weighted by Crippen LogP contribution is -2.36. The van der Waals surface area contributed by atoms with Gasteiger partial charge in [-0.2, -0.15) is 0 Å². The molecule has 0 rings (SSSR count). The van der Waals surface area contributed by atoms with Crippen LogP contribution in [0.1, 0.15) is 20.3 Å². The zero-order valence-electron chi connectivity index (χ0n) is 9.45. The second kappa shape index (κ2) is 9.40. The quantitative estimate of drug-likeness (QED) is 0.535. The molecular weight excluding hydrogens is 182 g/mol. The van der Waals surface area contributed by atoms with Gasteiger partial charge in [0.15, 0.2) is 0 Å². The molecule has 2 N–H and O–H groups in total. The van der Waals surface area contributed by atoms with Crippen molar-refractivity contribution in [2.75, 3.05) is 33.5 Å². The van der Waals surface area contributed by atoms with E-state index in [0.29, 0.717) is 13.2 Å². The molecule has 4 nitrogen and oxygen atoms in total. The molecular formula is C10H23NO3. The molecule has 0 saturated heterocycles. The topological polar surface area (TPSA) is 50.7 Å². The highest BCUT2D eigenvalue weighted by Crippen LogP contribution is 1.92. The van der Waals surface area contributed by atoms with Crippen molar-refractivity contribution in [2.45, 2.75) is 32.4 Å². The number of aliphatic hydroxyl groups excluding tert-OH is 1. The molecule has 0 aromatic heterocycles. The van der Waals surface area contributed by atoms with Crippen LogP contribution in [0.3, 0.4) is 0 Å². The van der Waals surface area contributed by atoms with Crippen LogP contribution >= 0.6 is 0 Å². The summed E-state index contributed by atoms with van der Waals surface area (Å²) in [6.07, 6.45) is 0.991. The highest BCUT2D eigenvalue weighted by Gasteiger charge is 2.06. The summed E-state index contributed by atoms with van der Waals surface area (Å²) in [7, 11) is 1.66. The van der Waals surface area contributed by atoms with E-state index in [1.54, 1.807) is 7.11 Å². The van der Waals surface area contributed by atoms with E-state index in [-0.39, 0.29) is 18.8 Å². The molecule has 14 heavy (non-hydrogen) atoms. The van der Waals surface area contributed by atoms with Crippen LogP contribution in [0.5, 0.6) is 0 Å². The van der Waals surface area contributed by atoms with Gasteiger partial charge in [0.05, 0.1) is 19.3 Å². The molecule has 1 unspecified atom stereocenters. The Morgan fingerprint density at radius 2 is 2.07 bits per heavy atom. The fraction of sp³-hybridized carbons (Fsp3) is 1.00. The lowest BCUT2D eigenvalue weighted by Gasteiger charge is -2.17. The van der Waals surface area contributed by atoms with Gasteiger partial charge in [-0.15, -0.1) is 0 Å². The number of nitrogens with one attached hydrogen (secondary N) is 1. The van der Waals surface area contributed by atoms with Gasteiger partial charge in [-0.25, -0.2) is 0 Å². The Bertz CT molecular complexity index is 114.